The van der Waals surface area contributed by atoms with Gasteiger partial charge in [0.05, 0.1) is 13.0 Å². The van der Waals surface area contributed by atoms with Crippen molar-refractivity contribution in [3.05, 3.63) is 0 Å². The van der Waals surface area contributed by atoms with Crippen LogP contribution in [0, 0.1) is 0 Å². The third kappa shape index (κ3) is 5.37. The van der Waals surface area contributed by atoms with E-state index in [1.165, 1.54) is 6.92 Å². The van der Waals surface area contributed by atoms with Gasteiger partial charge in [-0.3, -0.25) is 30.1 Å². The highest BCUT2D eigenvalue weighted by molar-refractivity contribution is 7.99. The smallest absolute Gasteiger partial charge is 0.304 e. The Morgan fingerprint density at radius 1 is 1.39 bits per heavy atom. The number of thioether (sulfide) groups is 1. The van der Waals surface area contributed by atoms with Crippen molar-refractivity contribution in [2.75, 3.05) is 24.6 Å². The number of carbonyl (C=O) groups is 3. The summed E-state index contributed by atoms with van der Waals surface area (Å²) in [7, 11) is 0. The van der Waals surface area contributed by atoms with Gasteiger partial charge < -0.3 is 5.11 Å². The molecule has 0 aromatic carbocycles. The van der Waals surface area contributed by atoms with Gasteiger partial charge in [0.2, 0.25) is 5.91 Å². The Morgan fingerprint density at radius 3 is 2.72 bits per heavy atom. The van der Waals surface area contributed by atoms with Crippen LogP contribution in [-0.4, -0.2) is 58.4 Å². The van der Waals surface area contributed by atoms with Crippen LogP contribution in [0.2, 0.25) is 0 Å². The number of hydrogen-bond donors (Lipinski definition) is 3. The van der Waals surface area contributed by atoms with E-state index in [2.05, 4.69) is 10.9 Å². The quantitative estimate of drug-likeness (QED) is 0.572. The molecule has 1 unspecified atom stereocenters. The van der Waals surface area contributed by atoms with Crippen LogP contribution in [0.5, 0.6) is 0 Å². The van der Waals surface area contributed by atoms with Gasteiger partial charge in [-0.2, -0.15) is 11.8 Å². The first-order valence-electron chi connectivity index (χ1n) is 5.58. The first-order chi connectivity index (χ1) is 8.49. The molecule has 8 heteroatoms. The van der Waals surface area contributed by atoms with Crippen molar-refractivity contribution >= 4 is 29.5 Å². The van der Waals surface area contributed by atoms with Crippen LogP contribution in [0.15, 0.2) is 0 Å². The van der Waals surface area contributed by atoms with Crippen LogP contribution in [0.25, 0.3) is 0 Å². The van der Waals surface area contributed by atoms with E-state index < -0.39 is 5.97 Å². The third-order valence-corrected chi connectivity index (χ3v) is 3.58. The molecule has 7 nitrogen and oxygen atoms in total. The molecule has 1 aliphatic heterocycles. The van der Waals surface area contributed by atoms with Crippen molar-refractivity contribution in [1.29, 1.82) is 0 Å². The van der Waals surface area contributed by atoms with Crippen molar-refractivity contribution < 1.29 is 19.5 Å². The highest BCUT2D eigenvalue weighted by Crippen LogP contribution is 2.18. The molecule has 1 atom stereocenters. The maximum absolute atomic E-state index is 11.5. The summed E-state index contributed by atoms with van der Waals surface area (Å²) in [6, 6.07) is -0.135. The Kier molecular flexibility index (Phi) is 5.93. The molecule has 1 rings (SSSR count). The maximum Gasteiger partial charge on any atom is 0.304 e. The number of carboxylic acid groups (broad SMARTS) is 1. The lowest BCUT2D eigenvalue weighted by atomic mass is 10.2. The van der Waals surface area contributed by atoms with Gasteiger partial charge in [-0.25, -0.2) is 0 Å². The van der Waals surface area contributed by atoms with Gasteiger partial charge in [0.25, 0.3) is 5.91 Å². The molecule has 0 radical (unpaired) electrons. The van der Waals surface area contributed by atoms with Crippen molar-refractivity contribution in [3.63, 3.8) is 0 Å². The van der Waals surface area contributed by atoms with E-state index in [1.807, 2.05) is 4.90 Å². The van der Waals surface area contributed by atoms with Gasteiger partial charge in [-0.05, 0) is 0 Å². The highest BCUT2D eigenvalue weighted by Gasteiger charge is 2.26. The largest absolute Gasteiger partial charge is 0.481 e. The Balaban J connectivity index is 2.43. The van der Waals surface area contributed by atoms with Crippen LogP contribution < -0.4 is 10.9 Å². The molecule has 2 amide bonds. The van der Waals surface area contributed by atoms with Gasteiger partial charge in [0, 0.05) is 31.0 Å². The Bertz CT molecular complexity index is 337. The SMILES string of the molecule is CC(=O)NNC(=O)CN1CCSCC1CC(=O)O. The zero-order valence-corrected chi connectivity index (χ0v) is 11.0. The molecule has 1 heterocycles. The second-order valence-corrected chi connectivity index (χ2v) is 5.18. The van der Waals surface area contributed by atoms with E-state index >= 15 is 0 Å². The van der Waals surface area contributed by atoms with E-state index in [-0.39, 0.29) is 30.8 Å². The molecule has 0 saturated carbocycles. The number of hydrazine groups is 1. The number of amides is 2. The second-order valence-electron chi connectivity index (χ2n) is 4.03. The van der Waals surface area contributed by atoms with Crippen LogP contribution in [0.4, 0.5) is 0 Å². The predicted molar refractivity (Wildman–Crippen MR) is 66.9 cm³/mol. The fourth-order valence-corrected chi connectivity index (χ4v) is 2.80. The molecule has 1 saturated heterocycles. The number of nitrogens with zero attached hydrogens (tertiary/aromatic N) is 1. The predicted octanol–water partition coefficient (Wildman–Crippen LogP) is -0.954. The average Bonchev–Trinajstić information content (AvgIpc) is 2.28. The van der Waals surface area contributed by atoms with Crippen LogP contribution >= 0.6 is 11.8 Å². The molecule has 1 fully saturated rings. The molecule has 102 valence electrons. The average molecular weight is 275 g/mol. The van der Waals surface area contributed by atoms with Crippen molar-refractivity contribution in [2.45, 2.75) is 19.4 Å². The van der Waals surface area contributed by atoms with Gasteiger partial charge in [0.15, 0.2) is 0 Å². The first-order valence-corrected chi connectivity index (χ1v) is 6.73. The van der Waals surface area contributed by atoms with Crippen molar-refractivity contribution in [2.24, 2.45) is 0 Å². The molecule has 0 aromatic rings. The minimum atomic E-state index is -0.866. The summed E-state index contributed by atoms with van der Waals surface area (Å²) in [5, 5.41) is 8.80. The minimum Gasteiger partial charge on any atom is -0.481 e. The summed E-state index contributed by atoms with van der Waals surface area (Å²) in [5.41, 5.74) is 4.47. The fraction of sp³-hybridized carbons (Fsp3) is 0.700. The monoisotopic (exact) mass is 275 g/mol. The maximum atomic E-state index is 11.5. The van der Waals surface area contributed by atoms with E-state index in [4.69, 9.17) is 5.11 Å². The lowest BCUT2D eigenvalue weighted by Crippen LogP contribution is -2.51. The van der Waals surface area contributed by atoms with Gasteiger partial charge in [-0.15, -0.1) is 0 Å². The molecule has 0 aliphatic carbocycles. The molecule has 1 aliphatic rings. The third-order valence-electron chi connectivity index (χ3n) is 2.48. The molecule has 0 aromatic heterocycles. The van der Waals surface area contributed by atoms with Crippen molar-refractivity contribution in [3.8, 4) is 0 Å². The number of nitrogens with one attached hydrogen (secondary N) is 2. The van der Waals surface area contributed by atoms with Crippen molar-refractivity contribution in [1.82, 2.24) is 15.8 Å². The van der Waals surface area contributed by atoms with Gasteiger partial charge >= 0.3 is 5.97 Å². The van der Waals surface area contributed by atoms with Gasteiger partial charge in [0.1, 0.15) is 0 Å². The molecule has 18 heavy (non-hydrogen) atoms. The van der Waals surface area contributed by atoms with E-state index in [9.17, 15) is 14.4 Å². The summed E-state index contributed by atoms with van der Waals surface area (Å²) < 4.78 is 0. The van der Waals surface area contributed by atoms with Crippen LogP contribution in [0.1, 0.15) is 13.3 Å². The van der Waals surface area contributed by atoms with E-state index in [1.54, 1.807) is 11.8 Å². The number of hydrogen-bond acceptors (Lipinski definition) is 5. The normalized spacial score (nSPS) is 20.2. The molecular weight excluding hydrogens is 258 g/mol. The first kappa shape index (κ1) is 14.8. The molecule has 0 spiro atoms. The number of carbonyl (C=O) groups excluding carboxylic acids is 2. The summed E-state index contributed by atoms with van der Waals surface area (Å²) in [6.45, 7) is 2.07. The second kappa shape index (κ2) is 7.22. The summed E-state index contributed by atoms with van der Waals surface area (Å²) in [5.74, 6) is 0.0328. The Labute approximate surface area is 109 Å². The standard InChI is InChI=1S/C10H17N3O4S/c1-7(14)11-12-9(15)5-13-2-3-18-6-8(13)4-10(16)17/h8H,2-6H2,1H3,(H,11,14)(H,12,15)(H,16,17). The van der Waals surface area contributed by atoms with E-state index in [0.717, 1.165) is 5.75 Å². The zero-order valence-electron chi connectivity index (χ0n) is 10.1. The summed E-state index contributed by atoms with van der Waals surface area (Å²) >= 11 is 1.69. The van der Waals surface area contributed by atoms with Crippen LogP contribution in [0.3, 0.4) is 0 Å². The van der Waals surface area contributed by atoms with E-state index in [0.29, 0.717) is 12.3 Å². The van der Waals surface area contributed by atoms with Gasteiger partial charge in [-0.1, -0.05) is 0 Å². The molecule has 3 N–H and O–H groups in total. The topological polar surface area (TPSA) is 98.7 Å². The lowest BCUT2D eigenvalue weighted by molar-refractivity contribution is -0.139. The Morgan fingerprint density at radius 2 is 2.11 bits per heavy atom. The summed E-state index contributed by atoms with van der Waals surface area (Å²) in [4.78, 5) is 34.7. The Hall–Kier alpha value is -1.28. The molecule has 0 bridgehead atoms. The van der Waals surface area contributed by atoms with Crippen LogP contribution in [-0.2, 0) is 14.4 Å². The number of aliphatic carboxylic acids is 1. The molecular formula is C10H17N3O4S. The minimum absolute atomic E-state index is 0.0282. The lowest BCUT2D eigenvalue weighted by Gasteiger charge is -2.33. The summed E-state index contributed by atoms with van der Waals surface area (Å²) in [6.07, 6.45) is 0.0282. The number of rotatable bonds is 4. The highest BCUT2D eigenvalue weighted by atomic mass is 32.2. The number of carboxylic acids is 1. The zero-order chi connectivity index (χ0) is 13.5. The fourth-order valence-electron chi connectivity index (χ4n) is 1.67.